The molecule has 0 saturated heterocycles. The molecule has 0 unspecified atom stereocenters. The number of hydrogen-bond acceptors (Lipinski definition) is 2. The number of carbonyl (C=O) groups is 1. The third-order valence-corrected chi connectivity index (χ3v) is 3.35. The van der Waals surface area contributed by atoms with Gasteiger partial charge in [-0.05, 0) is 30.5 Å². The van der Waals surface area contributed by atoms with E-state index in [1.807, 2.05) is 6.07 Å². The number of benzene rings is 1. The third kappa shape index (κ3) is 2.20. The van der Waals surface area contributed by atoms with Crippen LogP contribution in [0.4, 0.5) is 8.78 Å². The Labute approximate surface area is 90.9 Å². The molecule has 1 aromatic carbocycles. The van der Waals surface area contributed by atoms with Gasteiger partial charge in [0.1, 0.15) is 6.29 Å². The molecular weight excluding hydrogens is 218 g/mol. The third-order valence-electron chi connectivity index (χ3n) is 2.65. The molecule has 1 saturated carbocycles. The summed E-state index contributed by atoms with van der Waals surface area (Å²) < 4.78 is 24.3. The number of carbonyl (C=O) groups excluding carboxylic acids is 1. The largest absolute Gasteiger partial charge is 0.302 e. The molecule has 0 aromatic heterocycles. The molecule has 1 aliphatic carbocycles. The molecule has 1 aromatic rings. The molecule has 80 valence electrons. The van der Waals surface area contributed by atoms with Gasteiger partial charge in [-0.3, -0.25) is 0 Å². The lowest BCUT2D eigenvalue weighted by Crippen LogP contribution is -2.07. The van der Waals surface area contributed by atoms with Crippen LogP contribution in [-0.4, -0.2) is 12.0 Å². The van der Waals surface area contributed by atoms with Crippen LogP contribution in [0.25, 0.3) is 0 Å². The van der Waals surface area contributed by atoms with Crippen molar-refractivity contribution < 1.29 is 13.6 Å². The van der Waals surface area contributed by atoms with Crippen molar-refractivity contribution in [3.63, 3.8) is 0 Å². The summed E-state index contributed by atoms with van der Waals surface area (Å²) in [6.07, 6.45) is 2.59. The lowest BCUT2D eigenvalue weighted by atomic mass is 9.98. The van der Waals surface area contributed by atoms with Gasteiger partial charge in [0, 0.05) is 4.90 Å². The molecule has 1 aliphatic rings. The minimum Gasteiger partial charge on any atom is -0.302 e. The lowest BCUT2D eigenvalue weighted by molar-refractivity contribution is -0.109. The summed E-state index contributed by atoms with van der Waals surface area (Å²) in [5.74, 6) is -2.41. The van der Waals surface area contributed by atoms with Crippen LogP contribution in [0.2, 0.25) is 0 Å². The van der Waals surface area contributed by atoms with Crippen LogP contribution in [0, 0.1) is 0 Å². The van der Waals surface area contributed by atoms with Gasteiger partial charge in [-0.1, -0.05) is 23.9 Å². The van der Waals surface area contributed by atoms with Gasteiger partial charge in [-0.15, -0.1) is 0 Å². The maximum absolute atomic E-state index is 12.1. The van der Waals surface area contributed by atoms with Crippen LogP contribution < -0.4 is 0 Å². The van der Waals surface area contributed by atoms with Crippen LogP contribution in [-0.2, 0) is 10.2 Å². The first-order valence-corrected chi connectivity index (χ1v) is 5.56. The minimum atomic E-state index is -2.41. The van der Waals surface area contributed by atoms with E-state index in [1.165, 1.54) is 0 Å². The zero-order valence-electron chi connectivity index (χ0n) is 7.95. The summed E-state index contributed by atoms with van der Waals surface area (Å²) in [7, 11) is 0. The van der Waals surface area contributed by atoms with E-state index in [1.54, 1.807) is 18.2 Å². The quantitative estimate of drug-likeness (QED) is 0.581. The molecule has 0 amide bonds. The molecule has 0 N–H and O–H groups in total. The molecule has 1 nitrogen and oxygen atoms in total. The number of halogens is 2. The molecule has 15 heavy (non-hydrogen) atoms. The fourth-order valence-electron chi connectivity index (χ4n) is 1.59. The Morgan fingerprint density at radius 3 is 2.67 bits per heavy atom. The van der Waals surface area contributed by atoms with Crippen molar-refractivity contribution in [2.75, 3.05) is 0 Å². The second kappa shape index (κ2) is 3.93. The van der Waals surface area contributed by atoms with E-state index < -0.39 is 5.76 Å². The van der Waals surface area contributed by atoms with Crippen molar-refractivity contribution in [2.45, 2.75) is 28.9 Å². The van der Waals surface area contributed by atoms with Crippen molar-refractivity contribution in [2.24, 2.45) is 0 Å². The highest BCUT2D eigenvalue weighted by Gasteiger charge is 2.44. The molecule has 4 heteroatoms. The summed E-state index contributed by atoms with van der Waals surface area (Å²) in [4.78, 5) is 11.4. The first-order valence-electron chi connectivity index (χ1n) is 4.68. The Morgan fingerprint density at radius 2 is 2.13 bits per heavy atom. The first kappa shape index (κ1) is 10.6. The van der Waals surface area contributed by atoms with Crippen molar-refractivity contribution in [3.05, 3.63) is 29.8 Å². The highest BCUT2D eigenvalue weighted by molar-refractivity contribution is 7.99. The zero-order chi connectivity index (χ0) is 10.9. The zero-order valence-corrected chi connectivity index (χ0v) is 8.77. The summed E-state index contributed by atoms with van der Waals surface area (Å²) in [6.45, 7) is 0. The molecule has 0 atom stereocenters. The second-order valence-electron chi connectivity index (χ2n) is 3.68. The Hall–Kier alpha value is -0.900. The molecule has 0 spiro atoms. The van der Waals surface area contributed by atoms with E-state index in [-0.39, 0.29) is 5.41 Å². The van der Waals surface area contributed by atoms with Gasteiger partial charge >= 0.3 is 0 Å². The van der Waals surface area contributed by atoms with E-state index in [9.17, 15) is 13.6 Å². The fraction of sp³-hybridized carbons (Fsp3) is 0.364. The summed E-state index contributed by atoms with van der Waals surface area (Å²) in [5.41, 5.74) is 0.488. The smallest absolute Gasteiger partial charge is 0.288 e. The summed E-state index contributed by atoms with van der Waals surface area (Å²) in [6, 6.07) is 6.89. The Bertz CT molecular complexity index is 375. The van der Waals surface area contributed by atoms with Gasteiger partial charge in [0.05, 0.1) is 5.41 Å². The lowest BCUT2D eigenvalue weighted by Gasteiger charge is -2.08. The highest BCUT2D eigenvalue weighted by Crippen LogP contribution is 2.47. The van der Waals surface area contributed by atoms with Gasteiger partial charge in [0.25, 0.3) is 5.76 Å². The van der Waals surface area contributed by atoms with Gasteiger partial charge in [-0.2, -0.15) is 8.78 Å². The van der Waals surface area contributed by atoms with Crippen molar-refractivity contribution >= 4 is 18.0 Å². The number of thioether (sulfide) groups is 1. The Morgan fingerprint density at radius 1 is 1.40 bits per heavy atom. The normalized spacial score (nSPS) is 17.8. The summed E-state index contributed by atoms with van der Waals surface area (Å²) in [5, 5.41) is 0. The topological polar surface area (TPSA) is 17.1 Å². The Balaban J connectivity index is 2.23. The molecule has 0 heterocycles. The molecule has 0 bridgehead atoms. The van der Waals surface area contributed by atoms with Crippen LogP contribution in [0.15, 0.2) is 29.2 Å². The fourth-order valence-corrected chi connectivity index (χ4v) is 2.15. The van der Waals surface area contributed by atoms with Gasteiger partial charge in [0.15, 0.2) is 0 Å². The average molecular weight is 228 g/mol. The van der Waals surface area contributed by atoms with E-state index in [4.69, 9.17) is 0 Å². The molecule has 0 radical (unpaired) electrons. The number of rotatable bonds is 4. The standard InChI is InChI=1S/C11H10F2OS/c12-10(13)15-9-3-1-2-8(6-9)11(7-14)4-5-11/h1-3,6-7,10H,4-5H2. The molecule has 2 rings (SSSR count). The average Bonchev–Trinajstić information content (AvgIpc) is 2.97. The van der Waals surface area contributed by atoms with Gasteiger partial charge < -0.3 is 4.79 Å². The van der Waals surface area contributed by atoms with Crippen LogP contribution in [0.3, 0.4) is 0 Å². The maximum Gasteiger partial charge on any atom is 0.288 e. The maximum atomic E-state index is 12.1. The predicted octanol–water partition coefficient (Wildman–Crippen LogP) is 3.23. The molecular formula is C11H10F2OS. The molecule has 1 fully saturated rings. The number of aldehydes is 1. The predicted molar refractivity (Wildman–Crippen MR) is 55.3 cm³/mol. The monoisotopic (exact) mass is 228 g/mol. The van der Waals surface area contributed by atoms with Crippen LogP contribution in [0.5, 0.6) is 0 Å². The summed E-state index contributed by atoms with van der Waals surface area (Å²) >= 11 is 0.518. The van der Waals surface area contributed by atoms with Crippen LogP contribution >= 0.6 is 11.8 Å². The van der Waals surface area contributed by atoms with Gasteiger partial charge in [0.2, 0.25) is 0 Å². The SMILES string of the molecule is O=CC1(c2cccc(SC(F)F)c2)CC1. The number of hydrogen-bond donors (Lipinski definition) is 0. The first-order chi connectivity index (χ1) is 7.16. The van der Waals surface area contributed by atoms with E-state index in [2.05, 4.69) is 0 Å². The highest BCUT2D eigenvalue weighted by atomic mass is 32.2. The van der Waals surface area contributed by atoms with E-state index in [0.29, 0.717) is 16.7 Å². The minimum absolute atomic E-state index is 0.376. The van der Waals surface area contributed by atoms with Crippen molar-refractivity contribution in [1.82, 2.24) is 0 Å². The van der Waals surface area contributed by atoms with Gasteiger partial charge in [-0.25, -0.2) is 0 Å². The second-order valence-corrected chi connectivity index (χ2v) is 4.74. The van der Waals surface area contributed by atoms with E-state index in [0.717, 1.165) is 24.7 Å². The van der Waals surface area contributed by atoms with Crippen molar-refractivity contribution in [1.29, 1.82) is 0 Å². The Kier molecular flexibility index (Phi) is 2.78. The number of alkyl halides is 2. The molecule has 0 aliphatic heterocycles. The van der Waals surface area contributed by atoms with Crippen LogP contribution in [0.1, 0.15) is 18.4 Å². The van der Waals surface area contributed by atoms with Crippen molar-refractivity contribution in [3.8, 4) is 0 Å². The van der Waals surface area contributed by atoms with E-state index >= 15 is 0 Å².